The number of likely N-dealkylation sites (tertiary alicyclic amines) is 1. The number of amides is 1. The van der Waals surface area contributed by atoms with Gasteiger partial charge in [0.1, 0.15) is 5.69 Å². The second-order valence-corrected chi connectivity index (χ2v) is 6.30. The third-order valence-corrected chi connectivity index (χ3v) is 4.09. The van der Waals surface area contributed by atoms with Crippen molar-refractivity contribution >= 4 is 21.8 Å². The summed E-state index contributed by atoms with van der Waals surface area (Å²) in [6, 6.07) is 2.60. The molecule has 1 atom stereocenters. The Kier molecular flexibility index (Phi) is 4.15. The first kappa shape index (κ1) is 13.7. The van der Waals surface area contributed by atoms with Crippen LogP contribution in [0.1, 0.15) is 56.6 Å². The molecule has 0 bridgehead atoms. The van der Waals surface area contributed by atoms with E-state index in [2.05, 4.69) is 36.7 Å². The Morgan fingerprint density at radius 3 is 2.78 bits per heavy atom. The van der Waals surface area contributed by atoms with E-state index in [0.29, 0.717) is 12.1 Å². The molecule has 1 unspecified atom stereocenters. The van der Waals surface area contributed by atoms with Crippen LogP contribution in [0.5, 0.6) is 0 Å². The third-order valence-electron chi connectivity index (χ3n) is 3.65. The number of halogens is 1. The van der Waals surface area contributed by atoms with Gasteiger partial charge in [0.25, 0.3) is 5.91 Å². The van der Waals surface area contributed by atoms with Crippen molar-refractivity contribution in [3.63, 3.8) is 0 Å². The van der Waals surface area contributed by atoms with Crippen LogP contribution in [-0.2, 0) is 0 Å². The largest absolute Gasteiger partial charge is 0.340 e. The van der Waals surface area contributed by atoms with Crippen LogP contribution >= 0.6 is 15.9 Å². The van der Waals surface area contributed by atoms with Crippen LogP contribution in [0.4, 0.5) is 0 Å². The van der Waals surface area contributed by atoms with E-state index in [1.54, 1.807) is 0 Å². The summed E-state index contributed by atoms with van der Waals surface area (Å²) in [5, 5.41) is 0. The van der Waals surface area contributed by atoms with E-state index in [-0.39, 0.29) is 5.91 Å². The van der Waals surface area contributed by atoms with Crippen LogP contribution in [0.15, 0.2) is 16.7 Å². The molecule has 0 saturated carbocycles. The monoisotopic (exact) mass is 312 g/mol. The van der Waals surface area contributed by atoms with Crippen LogP contribution in [0.2, 0.25) is 0 Å². The molecule has 0 aliphatic carbocycles. The Hall–Kier alpha value is -0.770. The van der Waals surface area contributed by atoms with E-state index in [1.807, 2.05) is 21.7 Å². The third kappa shape index (κ3) is 2.63. The first-order chi connectivity index (χ1) is 8.50. The first-order valence-electron chi connectivity index (χ1n) is 6.69. The molecule has 1 aliphatic heterocycles. The van der Waals surface area contributed by atoms with Gasteiger partial charge in [-0.2, -0.15) is 0 Å². The van der Waals surface area contributed by atoms with E-state index < -0.39 is 0 Å². The summed E-state index contributed by atoms with van der Waals surface area (Å²) >= 11 is 3.47. The number of rotatable bonds is 2. The fraction of sp³-hybridized carbons (Fsp3) is 0.643. The first-order valence-corrected chi connectivity index (χ1v) is 7.48. The standard InChI is InChI=1S/C14H21BrN2O/c1-10(2)17-9-12(15)8-13(17)14(18)16-7-5-4-6-11(16)3/h8-11H,4-7H2,1-3H3. The van der Waals surface area contributed by atoms with E-state index in [9.17, 15) is 4.79 Å². The van der Waals surface area contributed by atoms with E-state index in [1.165, 1.54) is 6.42 Å². The average Bonchev–Trinajstić information content (AvgIpc) is 2.71. The van der Waals surface area contributed by atoms with Crippen molar-refractivity contribution in [2.45, 2.75) is 52.1 Å². The Labute approximate surface area is 117 Å². The number of carbonyl (C=O) groups excluding carboxylic acids is 1. The maximum absolute atomic E-state index is 12.6. The highest BCUT2D eigenvalue weighted by atomic mass is 79.9. The van der Waals surface area contributed by atoms with Crippen LogP contribution in [0, 0.1) is 0 Å². The number of nitrogens with zero attached hydrogens (tertiary/aromatic N) is 2. The minimum Gasteiger partial charge on any atom is -0.340 e. The van der Waals surface area contributed by atoms with Crippen molar-refractivity contribution in [3.8, 4) is 0 Å². The Morgan fingerprint density at radius 2 is 2.17 bits per heavy atom. The van der Waals surface area contributed by atoms with Crippen molar-refractivity contribution in [1.29, 1.82) is 0 Å². The molecule has 100 valence electrons. The molecule has 1 aromatic heterocycles. The fourth-order valence-corrected chi connectivity index (χ4v) is 3.03. The van der Waals surface area contributed by atoms with Gasteiger partial charge >= 0.3 is 0 Å². The minimum absolute atomic E-state index is 0.168. The van der Waals surface area contributed by atoms with Gasteiger partial charge in [0.05, 0.1) is 0 Å². The molecule has 0 N–H and O–H groups in total. The van der Waals surface area contributed by atoms with E-state index >= 15 is 0 Å². The Balaban J connectivity index is 2.27. The highest BCUT2D eigenvalue weighted by molar-refractivity contribution is 9.10. The quantitative estimate of drug-likeness (QED) is 0.814. The molecular formula is C14H21BrN2O. The number of piperidine rings is 1. The van der Waals surface area contributed by atoms with Gasteiger partial charge in [0.2, 0.25) is 0 Å². The van der Waals surface area contributed by atoms with Crippen LogP contribution in [0.3, 0.4) is 0 Å². The van der Waals surface area contributed by atoms with Gasteiger partial charge in [-0.15, -0.1) is 0 Å². The smallest absolute Gasteiger partial charge is 0.270 e. The lowest BCUT2D eigenvalue weighted by atomic mass is 10.0. The maximum Gasteiger partial charge on any atom is 0.270 e. The van der Waals surface area contributed by atoms with Gasteiger partial charge in [-0.25, -0.2) is 0 Å². The average molecular weight is 313 g/mol. The summed E-state index contributed by atoms with van der Waals surface area (Å²) in [5.41, 5.74) is 0.797. The molecule has 0 spiro atoms. The molecule has 1 aliphatic rings. The van der Waals surface area contributed by atoms with Gasteiger partial charge < -0.3 is 9.47 Å². The normalized spacial score (nSPS) is 20.5. The van der Waals surface area contributed by atoms with Crippen molar-refractivity contribution in [1.82, 2.24) is 9.47 Å². The molecule has 1 saturated heterocycles. The maximum atomic E-state index is 12.6. The number of hydrogen-bond donors (Lipinski definition) is 0. The SMILES string of the molecule is CC1CCCCN1C(=O)c1cc(Br)cn1C(C)C. The van der Waals surface area contributed by atoms with Gasteiger partial charge in [0, 0.05) is 29.3 Å². The zero-order chi connectivity index (χ0) is 13.3. The number of hydrogen-bond acceptors (Lipinski definition) is 1. The van der Waals surface area contributed by atoms with E-state index in [0.717, 1.165) is 29.6 Å². The van der Waals surface area contributed by atoms with Gasteiger partial charge in [0.15, 0.2) is 0 Å². The molecule has 18 heavy (non-hydrogen) atoms. The van der Waals surface area contributed by atoms with Crippen molar-refractivity contribution < 1.29 is 4.79 Å². The van der Waals surface area contributed by atoms with Crippen molar-refractivity contribution in [3.05, 3.63) is 22.4 Å². The number of carbonyl (C=O) groups is 1. The van der Waals surface area contributed by atoms with Gasteiger partial charge in [-0.05, 0) is 62.0 Å². The summed E-state index contributed by atoms with van der Waals surface area (Å²) < 4.78 is 3.03. The molecule has 1 aromatic rings. The Morgan fingerprint density at radius 1 is 1.44 bits per heavy atom. The molecule has 1 amide bonds. The highest BCUT2D eigenvalue weighted by Gasteiger charge is 2.26. The lowest BCUT2D eigenvalue weighted by Crippen LogP contribution is -2.42. The predicted octanol–water partition coefficient (Wildman–Crippen LogP) is 3.85. The molecular weight excluding hydrogens is 292 g/mol. The summed E-state index contributed by atoms with van der Waals surface area (Å²) in [7, 11) is 0. The summed E-state index contributed by atoms with van der Waals surface area (Å²) in [6.07, 6.45) is 5.47. The molecule has 1 fully saturated rings. The topological polar surface area (TPSA) is 25.2 Å². The molecule has 3 nitrogen and oxygen atoms in total. The molecule has 2 rings (SSSR count). The van der Waals surface area contributed by atoms with Crippen molar-refractivity contribution in [2.24, 2.45) is 0 Å². The molecule has 2 heterocycles. The van der Waals surface area contributed by atoms with Crippen LogP contribution < -0.4 is 0 Å². The van der Waals surface area contributed by atoms with E-state index in [4.69, 9.17) is 0 Å². The lowest BCUT2D eigenvalue weighted by Gasteiger charge is -2.33. The van der Waals surface area contributed by atoms with Gasteiger partial charge in [-0.1, -0.05) is 0 Å². The summed E-state index contributed by atoms with van der Waals surface area (Å²) in [6.45, 7) is 7.24. The number of aromatic nitrogens is 1. The second kappa shape index (κ2) is 5.47. The molecule has 0 radical (unpaired) electrons. The molecule has 0 aromatic carbocycles. The Bertz CT molecular complexity index is 439. The highest BCUT2D eigenvalue weighted by Crippen LogP contribution is 2.24. The van der Waals surface area contributed by atoms with Crippen LogP contribution in [0.25, 0.3) is 0 Å². The minimum atomic E-state index is 0.168. The van der Waals surface area contributed by atoms with Crippen LogP contribution in [-0.4, -0.2) is 28.0 Å². The lowest BCUT2D eigenvalue weighted by molar-refractivity contribution is 0.0623. The zero-order valence-electron chi connectivity index (χ0n) is 11.3. The second-order valence-electron chi connectivity index (χ2n) is 5.39. The van der Waals surface area contributed by atoms with Crippen molar-refractivity contribution in [2.75, 3.05) is 6.54 Å². The summed E-state index contributed by atoms with van der Waals surface area (Å²) in [4.78, 5) is 14.7. The zero-order valence-corrected chi connectivity index (χ0v) is 12.9. The molecule has 4 heteroatoms. The fourth-order valence-electron chi connectivity index (χ4n) is 2.59. The van der Waals surface area contributed by atoms with Gasteiger partial charge in [-0.3, -0.25) is 4.79 Å². The predicted molar refractivity (Wildman–Crippen MR) is 76.9 cm³/mol. The summed E-state index contributed by atoms with van der Waals surface area (Å²) in [5.74, 6) is 0.168.